The fraction of sp³-hybridized carbons (Fsp3) is 0.389. The molecular weight excluding hydrogens is 301 g/mol. The molecule has 0 aliphatic rings. The van der Waals surface area contributed by atoms with Gasteiger partial charge in [-0.15, -0.1) is 0 Å². The minimum Gasteiger partial charge on any atom is -0.240 e. The summed E-state index contributed by atoms with van der Waals surface area (Å²) in [7, 11) is 0. The molecule has 2 rings (SSSR count). The van der Waals surface area contributed by atoms with Crippen LogP contribution in [0.25, 0.3) is 11.1 Å². The average molecular weight is 322 g/mol. The third-order valence-corrected chi connectivity index (χ3v) is 4.06. The molecule has 0 aliphatic carbocycles. The van der Waals surface area contributed by atoms with E-state index in [0.717, 1.165) is 21.8 Å². The highest BCUT2D eigenvalue weighted by Gasteiger charge is 2.22. The van der Waals surface area contributed by atoms with Crippen LogP contribution < -0.4 is 0 Å². The molecule has 1 nitrogen and oxygen atoms in total. The molecule has 1 aromatic heterocycles. The summed E-state index contributed by atoms with van der Waals surface area (Å²) in [6, 6.07) is 10.0. The molecule has 0 saturated carbocycles. The molecule has 0 amide bonds. The summed E-state index contributed by atoms with van der Waals surface area (Å²) < 4.78 is 0. The largest absolute Gasteiger partial charge is 0.240 e. The summed E-state index contributed by atoms with van der Waals surface area (Å²) >= 11 is 12.5. The van der Waals surface area contributed by atoms with E-state index in [0.29, 0.717) is 11.1 Å². The lowest BCUT2D eigenvalue weighted by Gasteiger charge is -2.23. The molecule has 1 aromatic carbocycles. The van der Waals surface area contributed by atoms with E-state index in [-0.39, 0.29) is 5.41 Å². The number of rotatable bonds is 2. The van der Waals surface area contributed by atoms with Crippen LogP contribution in [0.15, 0.2) is 30.3 Å². The zero-order chi connectivity index (χ0) is 15.8. The maximum absolute atomic E-state index is 6.44. The third kappa shape index (κ3) is 3.59. The maximum atomic E-state index is 6.44. The first-order valence-corrected chi connectivity index (χ1v) is 7.92. The van der Waals surface area contributed by atoms with Crippen molar-refractivity contribution in [3.8, 4) is 11.1 Å². The molecule has 112 valence electrons. The zero-order valence-electron chi connectivity index (χ0n) is 13.2. The Bertz CT molecular complexity index is 655. The van der Waals surface area contributed by atoms with Crippen LogP contribution in [0.2, 0.25) is 10.2 Å². The lowest BCUT2D eigenvalue weighted by Crippen LogP contribution is -2.15. The first-order chi connectivity index (χ1) is 9.70. The van der Waals surface area contributed by atoms with Gasteiger partial charge in [-0.05, 0) is 35.7 Å². The van der Waals surface area contributed by atoms with Gasteiger partial charge in [0.15, 0.2) is 0 Å². The fourth-order valence-electron chi connectivity index (χ4n) is 2.33. The van der Waals surface area contributed by atoms with Crippen LogP contribution in [-0.4, -0.2) is 4.98 Å². The molecular formula is C18H21Cl2N. The second-order valence-corrected chi connectivity index (χ2v) is 7.47. The van der Waals surface area contributed by atoms with Gasteiger partial charge in [-0.25, -0.2) is 4.98 Å². The molecule has 0 saturated heterocycles. The Kier molecular flexibility index (Phi) is 4.65. The summed E-state index contributed by atoms with van der Waals surface area (Å²) in [5, 5.41) is 1.26. The minimum atomic E-state index is -0.0998. The number of benzene rings is 1. The first-order valence-electron chi connectivity index (χ1n) is 7.17. The topological polar surface area (TPSA) is 12.9 Å². The van der Waals surface area contributed by atoms with Gasteiger partial charge in [0.25, 0.3) is 0 Å². The number of hydrogen-bond acceptors (Lipinski definition) is 1. The van der Waals surface area contributed by atoms with Crippen molar-refractivity contribution in [2.75, 3.05) is 0 Å². The van der Waals surface area contributed by atoms with Gasteiger partial charge in [0.2, 0.25) is 0 Å². The molecule has 0 radical (unpaired) electrons. The number of halogens is 2. The molecule has 0 bridgehead atoms. The van der Waals surface area contributed by atoms with Crippen molar-refractivity contribution in [2.45, 2.75) is 46.0 Å². The van der Waals surface area contributed by atoms with Crippen LogP contribution in [0.3, 0.4) is 0 Å². The van der Waals surface area contributed by atoms with Crippen molar-refractivity contribution in [3.63, 3.8) is 0 Å². The molecule has 0 atom stereocenters. The standard InChI is InChI=1S/C18H21Cl2N/c1-11(2)12-6-8-15(19)14(10-12)13-7-9-16(20)21-17(13)18(3,4)5/h6-11H,1-5H3. The second-order valence-electron chi connectivity index (χ2n) is 6.67. The van der Waals surface area contributed by atoms with Gasteiger partial charge < -0.3 is 0 Å². The molecule has 0 spiro atoms. The molecule has 0 fully saturated rings. The Morgan fingerprint density at radius 3 is 2.19 bits per heavy atom. The molecule has 0 aliphatic heterocycles. The highest BCUT2D eigenvalue weighted by molar-refractivity contribution is 6.33. The molecule has 1 heterocycles. The van der Waals surface area contributed by atoms with Crippen molar-refractivity contribution >= 4 is 23.2 Å². The summed E-state index contributed by atoms with van der Waals surface area (Å²) in [5.74, 6) is 0.458. The van der Waals surface area contributed by atoms with E-state index in [1.807, 2.05) is 18.2 Å². The Hall–Kier alpha value is -1.05. The number of aromatic nitrogens is 1. The number of nitrogens with zero attached hydrogens (tertiary/aromatic N) is 1. The van der Waals surface area contributed by atoms with Gasteiger partial charge >= 0.3 is 0 Å². The van der Waals surface area contributed by atoms with Gasteiger partial charge in [0.1, 0.15) is 5.15 Å². The van der Waals surface area contributed by atoms with E-state index in [4.69, 9.17) is 23.2 Å². The monoisotopic (exact) mass is 321 g/mol. The van der Waals surface area contributed by atoms with Crippen molar-refractivity contribution in [1.29, 1.82) is 0 Å². The van der Waals surface area contributed by atoms with Crippen LogP contribution in [0, 0.1) is 0 Å². The molecule has 2 aromatic rings. The minimum absolute atomic E-state index is 0.0998. The molecule has 3 heteroatoms. The number of pyridine rings is 1. The van der Waals surface area contributed by atoms with Gasteiger partial charge in [-0.1, -0.05) is 63.9 Å². The van der Waals surface area contributed by atoms with E-state index in [1.165, 1.54) is 5.56 Å². The van der Waals surface area contributed by atoms with Crippen LogP contribution in [0.1, 0.15) is 51.8 Å². The third-order valence-electron chi connectivity index (χ3n) is 3.52. The second kappa shape index (κ2) is 5.98. The lowest BCUT2D eigenvalue weighted by molar-refractivity contribution is 0.571. The van der Waals surface area contributed by atoms with Crippen LogP contribution >= 0.6 is 23.2 Å². The van der Waals surface area contributed by atoms with Gasteiger partial charge in [-0.3, -0.25) is 0 Å². The Balaban J connectivity index is 2.70. The number of hydrogen-bond donors (Lipinski definition) is 0. The first kappa shape index (κ1) is 16.3. The smallest absolute Gasteiger partial charge is 0.129 e. The van der Waals surface area contributed by atoms with Gasteiger partial charge in [0, 0.05) is 21.6 Å². The van der Waals surface area contributed by atoms with E-state index in [9.17, 15) is 0 Å². The van der Waals surface area contributed by atoms with Crippen LogP contribution in [0.4, 0.5) is 0 Å². The van der Waals surface area contributed by atoms with Crippen LogP contribution in [-0.2, 0) is 5.41 Å². The summed E-state index contributed by atoms with van der Waals surface area (Å²) in [6.07, 6.45) is 0. The normalized spacial score (nSPS) is 12.0. The summed E-state index contributed by atoms with van der Waals surface area (Å²) in [5.41, 5.74) is 4.22. The Labute approximate surface area is 137 Å². The van der Waals surface area contributed by atoms with Gasteiger partial charge in [0.05, 0.1) is 5.69 Å². The predicted octanol–water partition coefficient (Wildman–Crippen LogP) is 6.48. The maximum Gasteiger partial charge on any atom is 0.129 e. The van der Waals surface area contributed by atoms with Crippen molar-refractivity contribution < 1.29 is 0 Å². The summed E-state index contributed by atoms with van der Waals surface area (Å²) in [6.45, 7) is 10.8. The Morgan fingerprint density at radius 1 is 0.952 bits per heavy atom. The van der Waals surface area contributed by atoms with E-state index in [2.05, 4.69) is 51.7 Å². The SMILES string of the molecule is CC(C)c1ccc(Cl)c(-c2ccc(Cl)nc2C(C)(C)C)c1. The average Bonchev–Trinajstić information content (AvgIpc) is 2.38. The van der Waals surface area contributed by atoms with Crippen LogP contribution in [0.5, 0.6) is 0 Å². The van der Waals surface area contributed by atoms with E-state index in [1.54, 1.807) is 0 Å². The summed E-state index contributed by atoms with van der Waals surface area (Å²) in [4.78, 5) is 4.54. The van der Waals surface area contributed by atoms with Crippen molar-refractivity contribution in [1.82, 2.24) is 4.98 Å². The van der Waals surface area contributed by atoms with E-state index < -0.39 is 0 Å². The quantitative estimate of drug-likeness (QED) is 0.577. The highest BCUT2D eigenvalue weighted by atomic mass is 35.5. The molecule has 21 heavy (non-hydrogen) atoms. The zero-order valence-corrected chi connectivity index (χ0v) is 14.7. The van der Waals surface area contributed by atoms with E-state index >= 15 is 0 Å². The molecule has 0 unspecified atom stereocenters. The van der Waals surface area contributed by atoms with Crippen molar-refractivity contribution in [3.05, 3.63) is 51.8 Å². The Morgan fingerprint density at radius 2 is 1.62 bits per heavy atom. The predicted molar refractivity (Wildman–Crippen MR) is 92.5 cm³/mol. The fourth-order valence-corrected chi connectivity index (χ4v) is 2.70. The van der Waals surface area contributed by atoms with Crippen molar-refractivity contribution in [2.24, 2.45) is 0 Å². The lowest BCUT2D eigenvalue weighted by atomic mass is 9.85. The molecule has 0 N–H and O–H groups in total. The highest BCUT2D eigenvalue weighted by Crippen LogP contribution is 2.37. The van der Waals surface area contributed by atoms with Gasteiger partial charge in [-0.2, -0.15) is 0 Å².